The second kappa shape index (κ2) is 5.18. The van der Waals surface area contributed by atoms with Crippen molar-refractivity contribution in [3.8, 4) is 0 Å². The molecule has 2 aromatic rings. The number of oxazole rings is 1. The number of fused-ring (bicyclic) bond motifs is 1. The summed E-state index contributed by atoms with van der Waals surface area (Å²) in [5.41, 5.74) is 2.65. The van der Waals surface area contributed by atoms with Crippen LogP contribution in [0.3, 0.4) is 0 Å². The fraction of sp³-hybridized carbons (Fsp3) is 0.385. The Morgan fingerprint density at radius 3 is 3.06 bits per heavy atom. The van der Waals surface area contributed by atoms with Crippen LogP contribution in [0.25, 0.3) is 11.1 Å². The first kappa shape index (κ1) is 12.6. The summed E-state index contributed by atoms with van der Waals surface area (Å²) >= 11 is 0. The van der Waals surface area contributed by atoms with Gasteiger partial charge in [0, 0.05) is 13.5 Å². The van der Waals surface area contributed by atoms with E-state index in [1.807, 2.05) is 25.1 Å². The van der Waals surface area contributed by atoms with Gasteiger partial charge in [0.2, 0.25) is 5.91 Å². The molecule has 0 fully saturated rings. The monoisotopic (exact) mass is 248 g/mol. The van der Waals surface area contributed by atoms with E-state index in [1.54, 1.807) is 0 Å². The van der Waals surface area contributed by atoms with Gasteiger partial charge >= 0.3 is 0 Å². The summed E-state index contributed by atoms with van der Waals surface area (Å²) in [5, 5.41) is 11.7. The van der Waals surface area contributed by atoms with E-state index in [-0.39, 0.29) is 5.91 Å². The number of aliphatic hydroxyl groups excluding tert-OH is 1. The minimum atomic E-state index is -0.968. The highest BCUT2D eigenvalue weighted by atomic mass is 16.3. The third kappa shape index (κ3) is 2.87. The predicted molar refractivity (Wildman–Crippen MR) is 67.1 cm³/mol. The molecule has 18 heavy (non-hydrogen) atoms. The van der Waals surface area contributed by atoms with Crippen molar-refractivity contribution in [2.75, 3.05) is 6.54 Å². The second-order valence-corrected chi connectivity index (χ2v) is 4.25. The molecule has 0 saturated heterocycles. The molecule has 0 aliphatic heterocycles. The largest absolute Gasteiger partial charge is 0.441 e. The molecule has 1 atom stereocenters. The Hall–Kier alpha value is -1.88. The van der Waals surface area contributed by atoms with Crippen molar-refractivity contribution in [2.45, 2.75) is 26.4 Å². The van der Waals surface area contributed by atoms with E-state index in [1.165, 1.54) is 6.92 Å². The van der Waals surface area contributed by atoms with Gasteiger partial charge in [-0.1, -0.05) is 6.07 Å². The number of carbonyl (C=O) groups excluding carboxylic acids is 1. The summed E-state index contributed by atoms with van der Waals surface area (Å²) in [5.74, 6) is 0.288. The standard InChI is InChI=1S/C13H16N2O3/c1-8(16)13(17)14-6-5-10-3-4-11-12(7-10)18-9(2)15-11/h3-4,7-8,16H,5-6H2,1-2H3,(H,14,17). The molecule has 1 amide bonds. The molecule has 1 aromatic carbocycles. The van der Waals surface area contributed by atoms with Gasteiger partial charge in [-0.2, -0.15) is 0 Å². The minimum absolute atomic E-state index is 0.355. The molecule has 2 rings (SSSR count). The number of aryl methyl sites for hydroxylation is 1. The van der Waals surface area contributed by atoms with E-state index in [9.17, 15) is 4.79 Å². The number of amides is 1. The van der Waals surface area contributed by atoms with Crippen LogP contribution in [-0.4, -0.2) is 28.6 Å². The Morgan fingerprint density at radius 2 is 2.33 bits per heavy atom. The fourth-order valence-electron chi connectivity index (χ4n) is 1.72. The van der Waals surface area contributed by atoms with Gasteiger partial charge < -0.3 is 14.8 Å². The first-order valence-electron chi connectivity index (χ1n) is 5.88. The molecule has 0 bridgehead atoms. The van der Waals surface area contributed by atoms with Crippen LogP contribution in [0.1, 0.15) is 18.4 Å². The Balaban J connectivity index is 1.97. The Labute approximate surface area is 105 Å². The van der Waals surface area contributed by atoms with E-state index in [0.29, 0.717) is 18.9 Å². The third-order valence-corrected chi connectivity index (χ3v) is 2.65. The number of aliphatic hydroxyl groups is 1. The van der Waals surface area contributed by atoms with Crippen LogP contribution in [0, 0.1) is 6.92 Å². The van der Waals surface area contributed by atoms with E-state index >= 15 is 0 Å². The Kier molecular flexibility index (Phi) is 3.62. The second-order valence-electron chi connectivity index (χ2n) is 4.25. The maximum atomic E-state index is 11.2. The van der Waals surface area contributed by atoms with Crippen molar-refractivity contribution in [1.29, 1.82) is 0 Å². The Bertz CT molecular complexity index is 560. The van der Waals surface area contributed by atoms with Crippen LogP contribution in [0.15, 0.2) is 22.6 Å². The number of benzene rings is 1. The summed E-state index contributed by atoms with van der Waals surface area (Å²) < 4.78 is 5.44. The normalized spacial score (nSPS) is 12.6. The van der Waals surface area contributed by atoms with Crippen molar-refractivity contribution in [1.82, 2.24) is 10.3 Å². The zero-order valence-corrected chi connectivity index (χ0v) is 10.4. The number of carbonyl (C=O) groups is 1. The van der Waals surface area contributed by atoms with Crippen molar-refractivity contribution < 1.29 is 14.3 Å². The van der Waals surface area contributed by atoms with Crippen LogP contribution in [0.4, 0.5) is 0 Å². The summed E-state index contributed by atoms with van der Waals surface area (Å²) in [6, 6.07) is 5.78. The highest BCUT2D eigenvalue weighted by Gasteiger charge is 2.07. The number of nitrogens with one attached hydrogen (secondary N) is 1. The smallest absolute Gasteiger partial charge is 0.248 e. The number of nitrogens with zero attached hydrogens (tertiary/aromatic N) is 1. The molecule has 1 aromatic heterocycles. The molecule has 1 heterocycles. The van der Waals surface area contributed by atoms with Gasteiger partial charge in [-0.25, -0.2) is 4.98 Å². The zero-order valence-electron chi connectivity index (χ0n) is 10.4. The van der Waals surface area contributed by atoms with Crippen molar-refractivity contribution >= 4 is 17.0 Å². The predicted octanol–water partition coefficient (Wildman–Crippen LogP) is 1.18. The van der Waals surface area contributed by atoms with E-state index in [4.69, 9.17) is 9.52 Å². The number of rotatable bonds is 4. The molecule has 96 valence electrons. The van der Waals surface area contributed by atoms with Gasteiger partial charge in [0.25, 0.3) is 0 Å². The lowest BCUT2D eigenvalue weighted by molar-refractivity contribution is -0.128. The Morgan fingerprint density at radius 1 is 1.56 bits per heavy atom. The zero-order chi connectivity index (χ0) is 13.1. The maximum absolute atomic E-state index is 11.2. The van der Waals surface area contributed by atoms with E-state index in [2.05, 4.69) is 10.3 Å². The van der Waals surface area contributed by atoms with Crippen molar-refractivity contribution in [3.05, 3.63) is 29.7 Å². The first-order chi connectivity index (χ1) is 8.56. The lowest BCUT2D eigenvalue weighted by Crippen LogP contribution is -2.33. The molecule has 0 saturated carbocycles. The summed E-state index contributed by atoms with van der Waals surface area (Å²) in [4.78, 5) is 15.4. The van der Waals surface area contributed by atoms with Crippen molar-refractivity contribution in [2.24, 2.45) is 0 Å². The molecular formula is C13H16N2O3. The van der Waals surface area contributed by atoms with Crippen LogP contribution in [0.5, 0.6) is 0 Å². The van der Waals surface area contributed by atoms with Crippen LogP contribution >= 0.6 is 0 Å². The van der Waals surface area contributed by atoms with Crippen molar-refractivity contribution in [3.63, 3.8) is 0 Å². The van der Waals surface area contributed by atoms with Crippen LogP contribution in [0.2, 0.25) is 0 Å². The molecule has 2 N–H and O–H groups in total. The topological polar surface area (TPSA) is 75.4 Å². The van der Waals surface area contributed by atoms with Gasteiger partial charge in [-0.15, -0.1) is 0 Å². The molecular weight excluding hydrogens is 232 g/mol. The molecule has 0 radical (unpaired) electrons. The third-order valence-electron chi connectivity index (χ3n) is 2.65. The highest BCUT2D eigenvalue weighted by Crippen LogP contribution is 2.16. The maximum Gasteiger partial charge on any atom is 0.248 e. The molecule has 5 heteroatoms. The SMILES string of the molecule is Cc1nc2ccc(CCNC(=O)C(C)O)cc2o1. The lowest BCUT2D eigenvalue weighted by atomic mass is 10.1. The highest BCUT2D eigenvalue weighted by molar-refractivity contribution is 5.80. The van der Waals surface area contributed by atoms with Gasteiger partial charge in [0.15, 0.2) is 11.5 Å². The summed E-state index contributed by atoms with van der Waals surface area (Å²) in [6.45, 7) is 3.74. The van der Waals surface area contributed by atoms with Crippen LogP contribution < -0.4 is 5.32 Å². The van der Waals surface area contributed by atoms with Gasteiger partial charge in [-0.05, 0) is 31.0 Å². The van der Waals surface area contributed by atoms with E-state index in [0.717, 1.165) is 16.7 Å². The fourth-order valence-corrected chi connectivity index (χ4v) is 1.72. The molecule has 0 aliphatic carbocycles. The molecule has 0 aliphatic rings. The minimum Gasteiger partial charge on any atom is -0.441 e. The number of hydrogen-bond acceptors (Lipinski definition) is 4. The lowest BCUT2D eigenvalue weighted by Gasteiger charge is -2.06. The van der Waals surface area contributed by atoms with Gasteiger partial charge in [-0.3, -0.25) is 4.79 Å². The average molecular weight is 248 g/mol. The van der Waals surface area contributed by atoms with E-state index < -0.39 is 6.10 Å². The number of hydrogen-bond donors (Lipinski definition) is 2. The summed E-state index contributed by atoms with van der Waals surface area (Å²) in [7, 11) is 0. The average Bonchev–Trinajstić information content (AvgIpc) is 2.68. The quantitative estimate of drug-likeness (QED) is 0.851. The molecule has 5 nitrogen and oxygen atoms in total. The molecule has 1 unspecified atom stereocenters. The molecule has 0 spiro atoms. The summed E-state index contributed by atoms with van der Waals surface area (Å²) in [6.07, 6.45) is -0.280. The van der Waals surface area contributed by atoms with Gasteiger partial charge in [0.05, 0.1) is 0 Å². The van der Waals surface area contributed by atoms with Gasteiger partial charge in [0.1, 0.15) is 11.6 Å². The van der Waals surface area contributed by atoms with Crippen LogP contribution in [-0.2, 0) is 11.2 Å². The number of aromatic nitrogens is 1. The first-order valence-corrected chi connectivity index (χ1v) is 5.88.